The van der Waals surface area contributed by atoms with Gasteiger partial charge in [-0.1, -0.05) is 42.0 Å². The van der Waals surface area contributed by atoms with E-state index in [-0.39, 0.29) is 18.3 Å². The molecule has 0 aliphatic carbocycles. The van der Waals surface area contributed by atoms with Gasteiger partial charge in [0.2, 0.25) is 5.91 Å². The second-order valence-electron chi connectivity index (χ2n) is 6.75. The number of hydrogen-bond acceptors (Lipinski definition) is 3. The van der Waals surface area contributed by atoms with Crippen LogP contribution in [0.3, 0.4) is 0 Å². The fourth-order valence-electron chi connectivity index (χ4n) is 3.19. The highest BCUT2D eigenvalue weighted by molar-refractivity contribution is 5.85. The van der Waals surface area contributed by atoms with E-state index >= 15 is 0 Å². The largest absolute Gasteiger partial charge is 0.489 e. The highest BCUT2D eigenvalue weighted by Crippen LogP contribution is 2.17. The van der Waals surface area contributed by atoms with E-state index in [1.54, 1.807) is 0 Å². The van der Waals surface area contributed by atoms with Gasteiger partial charge in [0.15, 0.2) is 0 Å². The summed E-state index contributed by atoms with van der Waals surface area (Å²) < 4.78 is 5.89. The molecule has 1 N–H and O–H groups in total. The zero-order chi connectivity index (χ0) is 17.6. The number of halogens is 1. The molecule has 0 spiro atoms. The summed E-state index contributed by atoms with van der Waals surface area (Å²) in [5.41, 5.74) is 3.37. The predicted octanol–water partition coefficient (Wildman–Crippen LogP) is 3.36. The van der Waals surface area contributed by atoms with Crippen LogP contribution in [-0.4, -0.2) is 37.0 Å². The summed E-state index contributed by atoms with van der Waals surface area (Å²) in [7, 11) is 1.90. The van der Waals surface area contributed by atoms with Gasteiger partial charge in [0.1, 0.15) is 12.4 Å². The van der Waals surface area contributed by atoms with Crippen molar-refractivity contribution >= 4 is 18.3 Å². The minimum absolute atomic E-state index is 0. The zero-order valence-electron chi connectivity index (χ0n) is 15.4. The van der Waals surface area contributed by atoms with Gasteiger partial charge < -0.3 is 15.0 Å². The Bertz CT molecular complexity index is 729. The third-order valence-corrected chi connectivity index (χ3v) is 4.72. The predicted molar refractivity (Wildman–Crippen MR) is 107 cm³/mol. The van der Waals surface area contributed by atoms with Crippen LogP contribution in [-0.2, 0) is 17.8 Å². The first-order chi connectivity index (χ1) is 12.1. The molecule has 2 aromatic rings. The van der Waals surface area contributed by atoms with Crippen molar-refractivity contribution in [2.24, 2.45) is 0 Å². The highest BCUT2D eigenvalue weighted by Gasteiger charge is 2.23. The Morgan fingerprint density at radius 3 is 2.69 bits per heavy atom. The van der Waals surface area contributed by atoms with Gasteiger partial charge in [-0.15, -0.1) is 12.4 Å². The van der Waals surface area contributed by atoms with E-state index in [2.05, 4.69) is 30.4 Å². The molecule has 5 heteroatoms. The van der Waals surface area contributed by atoms with Crippen molar-refractivity contribution in [3.63, 3.8) is 0 Å². The molecule has 1 heterocycles. The van der Waals surface area contributed by atoms with Crippen molar-refractivity contribution in [3.05, 3.63) is 65.2 Å². The molecule has 1 atom stereocenters. The molecule has 0 saturated carbocycles. The summed E-state index contributed by atoms with van der Waals surface area (Å²) in [5.74, 6) is 0.960. The lowest BCUT2D eigenvalue weighted by Gasteiger charge is -2.23. The molecule has 3 rings (SSSR count). The molecule has 0 radical (unpaired) electrons. The first kappa shape index (κ1) is 20.3. The molecular weight excluding hydrogens is 348 g/mol. The highest BCUT2D eigenvalue weighted by atomic mass is 35.5. The fourth-order valence-corrected chi connectivity index (χ4v) is 3.19. The molecule has 0 aromatic heterocycles. The van der Waals surface area contributed by atoms with Crippen LogP contribution in [0.15, 0.2) is 48.5 Å². The van der Waals surface area contributed by atoms with Gasteiger partial charge in [-0.05, 0) is 43.1 Å². The van der Waals surface area contributed by atoms with Crippen molar-refractivity contribution in [1.82, 2.24) is 10.2 Å². The number of aryl methyl sites for hydroxylation is 1. The van der Waals surface area contributed by atoms with Crippen LogP contribution in [0, 0.1) is 6.92 Å². The van der Waals surface area contributed by atoms with Gasteiger partial charge in [0.25, 0.3) is 0 Å². The van der Waals surface area contributed by atoms with E-state index < -0.39 is 0 Å². The minimum Gasteiger partial charge on any atom is -0.489 e. The van der Waals surface area contributed by atoms with E-state index in [0.717, 1.165) is 36.4 Å². The second kappa shape index (κ2) is 9.60. The van der Waals surface area contributed by atoms with Gasteiger partial charge in [-0.3, -0.25) is 4.79 Å². The summed E-state index contributed by atoms with van der Waals surface area (Å²) >= 11 is 0. The molecule has 0 bridgehead atoms. The number of rotatable bonds is 6. The summed E-state index contributed by atoms with van der Waals surface area (Å²) in [4.78, 5) is 14.4. The molecule has 2 aromatic carbocycles. The van der Waals surface area contributed by atoms with Crippen molar-refractivity contribution in [2.45, 2.75) is 32.4 Å². The van der Waals surface area contributed by atoms with Crippen LogP contribution >= 0.6 is 12.4 Å². The number of amides is 1. The maximum Gasteiger partial charge on any atom is 0.227 e. The number of carbonyl (C=O) groups is 1. The summed E-state index contributed by atoms with van der Waals surface area (Å²) in [5, 5.41) is 3.30. The molecule has 4 nitrogen and oxygen atoms in total. The average Bonchev–Trinajstić information content (AvgIpc) is 3.14. The van der Waals surface area contributed by atoms with Crippen LogP contribution < -0.4 is 10.1 Å². The number of nitrogens with one attached hydrogen (secondary N) is 1. The Balaban J connectivity index is 0.00000243. The molecule has 1 fully saturated rings. The lowest BCUT2D eigenvalue weighted by molar-refractivity contribution is -0.130. The Kier molecular flexibility index (Phi) is 7.49. The van der Waals surface area contributed by atoms with E-state index in [1.807, 2.05) is 42.3 Å². The van der Waals surface area contributed by atoms with Gasteiger partial charge in [0, 0.05) is 19.6 Å². The maximum atomic E-state index is 12.5. The Labute approximate surface area is 162 Å². The van der Waals surface area contributed by atoms with Crippen molar-refractivity contribution in [3.8, 4) is 5.75 Å². The molecule has 26 heavy (non-hydrogen) atoms. The van der Waals surface area contributed by atoms with Crippen LogP contribution in [0.4, 0.5) is 0 Å². The third-order valence-electron chi connectivity index (χ3n) is 4.72. The van der Waals surface area contributed by atoms with Crippen molar-refractivity contribution in [1.29, 1.82) is 0 Å². The fraction of sp³-hybridized carbons (Fsp3) is 0.381. The zero-order valence-corrected chi connectivity index (χ0v) is 16.2. The van der Waals surface area contributed by atoms with Crippen LogP contribution in [0.25, 0.3) is 0 Å². The third kappa shape index (κ3) is 5.48. The van der Waals surface area contributed by atoms with Gasteiger partial charge in [0.05, 0.1) is 6.42 Å². The molecule has 1 saturated heterocycles. The number of nitrogens with zero attached hydrogens (tertiary/aromatic N) is 1. The lowest BCUT2D eigenvalue weighted by Crippen LogP contribution is -2.39. The SMILES string of the molecule is Cc1cccc(COc2cccc(CC(=O)N(C)C3CCNC3)c2)c1.Cl. The standard InChI is InChI=1S/C21H26N2O2.ClH/c1-16-5-3-7-18(11-16)15-25-20-8-4-6-17(12-20)13-21(24)23(2)19-9-10-22-14-19;/h3-8,11-12,19,22H,9-10,13-15H2,1-2H3;1H. The summed E-state index contributed by atoms with van der Waals surface area (Å²) in [6.07, 6.45) is 1.44. The van der Waals surface area contributed by atoms with Crippen molar-refractivity contribution < 1.29 is 9.53 Å². The molecule has 1 amide bonds. The van der Waals surface area contributed by atoms with Crippen LogP contribution in [0.1, 0.15) is 23.1 Å². The molecule has 1 unspecified atom stereocenters. The topological polar surface area (TPSA) is 41.6 Å². The Morgan fingerprint density at radius 2 is 1.96 bits per heavy atom. The monoisotopic (exact) mass is 374 g/mol. The first-order valence-electron chi connectivity index (χ1n) is 8.85. The maximum absolute atomic E-state index is 12.5. The number of carbonyl (C=O) groups excluding carboxylic acids is 1. The first-order valence-corrected chi connectivity index (χ1v) is 8.85. The number of hydrogen-bond donors (Lipinski definition) is 1. The van der Waals surface area contributed by atoms with Crippen LogP contribution in [0.2, 0.25) is 0 Å². The molecule has 1 aliphatic heterocycles. The second-order valence-corrected chi connectivity index (χ2v) is 6.75. The number of likely N-dealkylation sites (N-methyl/N-ethyl adjacent to an activating group) is 1. The summed E-state index contributed by atoms with van der Waals surface area (Å²) in [6.45, 7) is 4.49. The normalized spacial score (nSPS) is 16.0. The Hall–Kier alpha value is -2.04. The van der Waals surface area contributed by atoms with Crippen molar-refractivity contribution in [2.75, 3.05) is 20.1 Å². The molecule has 1 aliphatic rings. The van der Waals surface area contributed by atoms with E-state index in [4.69, 9.17) is 4.74 Å². The quantitative estimate of drug-likeness (QED) is 0.843. The van der Waals surface area contributed by atoms with Gasteiger partial charge in [-0.2, -0.15) is 0 Å². The summed E-state index contributed by atoms with van der Waals surface area (Å²) in [6, 6.07) is 16.5. The smallest absolute Gasteiger partial charge is 0.227 e. The molecule has 140 valence electrons. The van der Waals surface area contributed by atoms with E-state index in [0.29, 0.717) is 19.1 Å². The number of benzene rings is 2. The van der Waals surface area contributed by atoms with E-state index in [1.165, 1.54) is 5.56 Å². The van der Waals surface area contributed by atoms with Gasteiger partial charge >= 0.3 is 0 Å². The number of ether oxygens (including phenoxy) is 1. The molecular formula is C21H27ClN2O2. The minimum atomic E-state index is 0. The average molecular weight is 375 g/mol. The van der Waals surface area contributed by atoms with Crippen LogP contribution in [0.5, 0.6) is 5.75 Å². The lowest BCUT2D eigenvalue weighted by atomic mass is 10.1. The Morgan fingerprint density at radius 1 is 1.19 bits per heavy atom. The van der Waals surface area contributed by atoms with Gasteiger partial charge in [-0.25, -0.2) is 0 Å². The van der Waals surface area contributed by atoms with E-state index in [9.17, 15) is 4.79 Å².